The minimum Gasteiger partial charge on any atom is -0.355 e. The average molecular weight is 462 g/mol. The minimum absolute atomic E-state index is 0.0505. The lowest BCUT2D eigenvalue weighted by atomic mass is 9.96. The molecule has 2 aliphatic rings. The van der Waals surface area contributed by atoms with E-state index in [9.17, 15) is 9.59 Å². The molecule has 0 spiro atoms. The monoisotopic (exact) mass is 461 g/mol. The molecule has 32 heavy (non-hydrogen) atoms. The van der Waals surface area contributed by atoms with Crippen LogP contribution < -0.4 is 15.8 Å². The number of likely N-dealkylation sites (N-methyl/N-ethyl adjacent to an activating group) is 1. The van der Waals surface area contributed by atoms with Gasteiger partial charge >= 0.3 is 0 Å². The first-order chi connectivity index (χ1) is 15.6. The van der Waals surface area contributed by atoms with Crippen molar-refractivity contribution in [2.45, 2.75) is 39.5 Å². The van der Waals surface area contributed by atoms with Gasteiger partial charge in [-0.05, 0) is 25.8 Å². The van der Waals surface area contributed by atoms with Gasteiger partial charge in [0.15, 0.2) is 0 Å². The van der Waals surface area contributed by atoms with E-state index in [4.69, 9.17) is 0 Å². The second-order valence-corrected chi connectivity index (χ2v) is 9.68. The van der Waals surface area contributed by atoms with Crippen molar-refractivity contribution in [3.63, 3.8) is 0 Å². The van der Waals surface area contributed by atoms with Crippen LogP contribution in [0.3, 0.4) is 0 Å². The largest absolute Gasteiger partial charge is 0.355 e. The van der Waals surface area contributed by atoms with E-state index in [1.54, 1.807) is 6.07 Å². The Hall–Kier alpha value is -2.04. The quantitative estimate of drug-likeness (QED) is 0.629. The van der Waals surface area contributed by atoms with Crippen LogP contribution in [-0.2, 0) is 11.2 Å². The molecule has 0 aliphatic carbocycles. The molecule has 0 aromatic carbocycles. The second kappa shape index (κ2) is 10.7. The maximum atomic E-state index is 12.6. The fraction of sp³-hybridized carbons (Fsp3) is 0.727. The third-order valence-electron chi connectivity index (χ3n) is 6.57. The molecule has 4 rings (SSSR count). The van der Waals surface area contributed by atoms with Gasteiger partial charge in [0.25, 0.3) is 5.56 Å². The van der Waals surface area contributed by atoms with Crippen molar-refractivity contribution in [2.75, 3.05) is 63.8 Å². The van der Waals surface area contributed by atoms with Crippen LogP contribution >= 0.6 is 11.3 Å². The Balaban J connectivity index is 1.24. The standard InChI is InChI=1S/C22H35N7O2S/c1-3-5-18-16-19(30)29-21(24-18)32-22(25-29)28-9-6-17(7-10-28)20(31)23-8-11-27-14-12-26(4-2)13-15-27/h16-17H,3-15H2,1-2H3,(H,23,31). The van der Waals surface area contributed by atoms with E-state index in [0.717, 1.165) is 95.4 Å². The molecule has 9 nitrogen and oxygen atoms in total. The first kappa shape index (κ1) is 23.1. The third-order valence-corrected chi connectivity index (χ3v) is 7.54. The Kier molecular flexibility index (Phi) is 7.75. The maximum Gasteiger partial charge on any atom is 0.275 e. The molecule has 1 amide bonds. The highest BCUT2D eigenvalue weighted by atomic mass is 32.1. The van der Waals surface area contributed by atoms with E-state index in [2.05, 4.69) is 43.9 Å². The lowest BCUT2D eigenvalue weighted by molar-refractivity contribution is -0.125. The highest BCUT2D eigenvalue weighted by Crippen LogP contribution is 2.27. The molecule has 0 radical (unpaired) electrons. The van der Waals surface area contributed by atoms with Crippen molar-refractivity contribution < 1.29 is 4.79 Å². The zero-order valence-electron chi connectivity index (χ0n) is 19.3. The van der Waals surface area contributed by atoms with Crippen molar-refractivity contribution in [1.29, 1.82) is 0 Å². The Morgan fingerprint density at radius 1 is 1.12 bits per heavy atom. The van der Waals surface area contributed by atoms with Crippen molar-refractivity contribution >= 4 is 27.3 Å². The number of hydrogen-bond acceptors (Lipinski definition) is 8. The molecule has 2 saturated heterocycles. The molecule has 2 aromatic heterocycles. The van der Waals surface area contributed by atoms with Crippen molar-refractivity contribution in [1.82, 2.24) is 29.7 Å². The highest BCUT2D eigenvalue weighted by molar-refractivity contribution is 7.20. The van der Waals surface area contributed by atoms with E-state index >= 15 is 0 Å². The van der Waals surface area contributed by atoms with Crippen LogP contribution in [0.25, 0.3) is 4.96 Å². The molecule has 2 aliphatic heterocycles. The smallest absolute Gasteiger partial charge is 0.275 e. The zero-order chi connectivity index (χ0) is 22.5. The van der Waals surface area contributed by atoms with E-state index in [-0.39, 0.29) is 17.4 Å². The second-order valence-electron chi connectivity index (χ2n) is 8.74. The fourth-order valence-electron chi connectivity index (χ4n) is 4.50. The zero-order valence-corrected chi connectivity index (χ0v) is 20.1. The van der Waals surface area contributed by atoms with E-state index < -0.39 is 0 Å². The molecule has 176 valence electrons. The molecule has 1 N–H and O–H groups in total. The number of fused-ring (bicyclic) bond motifs is 1. The predicted molar refractivity (Wildman–Crippen MR) is 128 cm³/mol. The molecule has 4 heterocycles. The van der Waals surface area contributed by atoms with Crippen LogP contribution in [-0.4, -0.2) is 89.2 Å². The number of hydrogen-bond donors (Lipinski definition) is 1. The van der Waals surface area contributed by atoms with Gasteiger partial charge < -0.3 is 15.1 Å². The summed E-state index contributed by atoms with van der Waals surface area (Å²) >= 11 is 1.46. The number of carbonyl (C=O) groups excluding carboxylic acids is 1. The van der Waals surface area contributed by atoms with E-state index in [1.165, 1.54) is 15.9 Å². The summed E-state index contributed by atoms with van der Waals surface area (Å²) in [6.45, 7) is 13.0. The van der Waals surface area contributed by atoms with Gasteiger partial charge in [-0.1, -0.05) is 31.6 Å². The molecule has 0 bridgehead atoms. The van der Waals surface area contributed by atoms with Crippen LogP contribution in [0, 0.1) is 5.92 Å². The molecule has 0 atom stereocenters. The van der Waals surface area contributed by atoms with Gasteiger partial charge in [0, 0.05) is 70.0 Å². The maximum absolute atomic E-state index is 12.6. The summed E-state index contributed by atoms with van der Waals surface area (Å²) in [6, 6.07) is 1.58. The van der Waals surface area contributed by atoms with E-state index in [0.29, 0.717) is 4.96 Å². The molecular weight excluding hydrogens is 426 g/mol. The number of rotatable bonds is 8. The number of aromatic nitrogens is 3. The number of nitrogens with one attached hydrogen (secondary N) is 1. The Morgan fingerprint density at radius 2 is 1.84 bits per heavy atom. The summed E-state index contributed by atoms with van der Waals surface area (Å²) in [5, 5.41) is 8.46. The molecule has 0 saturated carbocycles. The van der Waals surface area contributed by atoms with Crippen LogP contribution in [0.4, 0.5) is 5.13 Å². The summed E-state index contributed by atoms with van der Waals surface area (Å²) in [5.41, 5.74) is 0.710. The summed E-state index contributed by atoms with van der Waals surface area (Å²) in [7, 11) is 0. The first-order valence-corrected chi connectivity index (χ1v) is 12.8. The molecule has 2 aromatic rings. The molecule has 0 unspecified atom stereocenters. The van der Waals surface area contributed by atoms with Gasteiger partial charge in [-0.3, -0.25) is 14.5 Å². The minimum atomic E-state index is -0.119. The summed E-state index contributed by atoms with van der Waals surface area (Å²) < 4.78 is 1.40. The van der Waals surface area contributed by atoms with E-state index in [1.807, 2.05) is 0 Å². The number of amides is 1. The predicted octanol–water partition coefficient (Wildman–Crippen LogP) is 1.07. The van der Waals surface area contributed by atoms with Crippen LogP contribution in [0.2, 0.25) is 0 Å². The highest BCUT2D eigenvalue weighted by Gasteiger charge is 2.27. The van der Waals surface area contributed by atoms with Gasteiger partial charge in [-0.15, -0.1) is 5.10 Å². The van der Waals surface area contributed by atoms with Gasteiger partial charge in [0.1, 0.15) is 0 Å². The summed E-state index contributed by atoms with van der Waals surface area (Å²) in [4.78, 5) is 37.3. The lowest BCUT2D eigenvalue weighted by Gasteiger charge is -2.34. The van der Waals surface area contributed by atoms with Gasteiger partial charge in [0.05, 0.1) is 0 Å². The van der Waals surface area contributed by atoms with Gasteiger partial charge in [-0.2, -0.15) is 4.52 Å². The van der Waals surface area contributed by atoms with Crippen molar-refractivity contribution in [2.24, 2.45) is 5.92 Å². The van der Waals surface area contributed by atoms with Gasteiger partial charge in [-0.25, -0.2) is 4.98 Å². The number of piperazine rings is 1. The molecule has 10 heteroatoms. The normalized spacial score (nSPS) is 19.0. The number of anilines is 1. The number of piperidine rings is 1. The third kappa shape index (κ3) is 5.47. The molecular formula is C22H35N7O2S. The van der Waals surface area contributed by atoms with Crippen LogP contribution in [0.15, 0.2) is 10.9 Å². The van der Waals surface area contributed by atoms with Gasteiger partial charge in [0.2, 0.25) is 16.0 Å². The summed E-state index contributed by atoms with van der Waals surface area (Å²) in [6.07, 6.45) is 3.37. The first-order valence-electron chi connectivity index (χ1n) is 11.9. The Bertz CT molecular complexity index is 959. The molecule has 2 fully saturated rings. The van der Waals surface area contributed by atoms with Crippen LogP contribution in [0.5, 0.6) is 0 Å². The van der Waals surface area contributed by atoms with Crippen molar-refractivity contribution in [3.05, 3.63) is 22.1 Å². The topological polar surface area (TPSA) is 86.1 Å². The summed E-state index contributed by atoms with van der Waals surface area (Å²) in [5.74, 6) is 0.220. The number of aryl methyl sites for hydroxylation is 1. The lowest BCUT2D eigenvalue weighted by Crippen LogP contribution is -2.48. The fourth-order valence-corrected chi connectivity index (χ4v) is 5.48. The Labute approximate surface area is 193 Å². The Morgan fingerprint density at radius 3 is 2.53 bits per heavy atom. The number of carbonyl (C=O) groups is 1. The average Bonchev–Trinajstić information content (AvgIpc) is 3.25. The van der Waals surface area contributed by atoms with Crippen molar-refractivity contribution in [3.8, 4) is 0 Å². The SMILES string of the molecule is CCCc1cc(=O)n2nc(N3CCC(C(=O)NCCN4CCN(CC)CC4)CC3)sc2n1. The van der Waals surface area contributed by atoms with Crippen LogP contribution in [0.1, 0.15) is 38.8 Å². The number of nitrogens with zero attached hydrogens (tertiary/aromatic N) is 6.